The Morgan fingerprint density at radius 3 is 2.47 bits per heavy atom. The lowest BCUT2D eigenvalue weighted by molar-refractivity contribution is -0.120. The topological polar surface area (TPSA) is 106 Å². The van der Waals surface area contributed by atoms with Crippen LogP contribution >= 0.6 is 15.9 Å². The third-order valence-electron chi connectivity index (χ3n) is 4.58. The van der Waals surface area contributed by atoms with Gasteiger partial charge in [0.1, 0.15) is 11.5 Å². The number of amides is 2. The van der Waals surface area contributed by atoms with E-state index in [2.05, 4.69) is 31.8 Å². The number of aryl methyl sites for hydroxylation is 1. The van der Waals surface area contributed by atoms with Crippen LogP contribution < -0.4 is 20.2 Å². The molecule has 0 aliphatic heterocycles. The Morgan fingerprint density at radius 1 is 1.00 bits per heavy atom. The summed E-state index contributed by atoms with van der Waals surface area (Å²) in [6.07, 6.45) is 1.35. The van der Waals surface area contributed by atoms with E-state index >= 15 is 0 Å². The maximum absolute atomic E-state index is 12.5. The van der Waals surface area contributed by atoms with E-state index in [-0.39, 0.29) is 18.2 Å². The zero-order chi connectivity index (χ0) is 24.5. The van der Waals surface area contributed by atoms with E-state index in [1.54, 1.807) is 60.7 Å². The Bertz CT molecular complexity index is 1230. The van der Waals surface area contributed by atoms with Gasteiger partial charge < -0.3 is 14.8 Å². The SMILES string of the molecule is COc1ccc(C(=O)Oc2ccc(Br)cc2/C=N\NC(=O)CNC(=O)c2cccc(C)c2)cc1. The lowest BCUT2D eigenvalue weighted by Crippen LogP contribution is -2.34. The molecule has 0 aliphatic carbocycles. The van der Waals surface area contributed by atoms with E-state index in [1.165, 1.54) is 13.3 Å². The van der Waals surface area contributed by atoms with Crippen molar-refractivity contribution in [1.29, 1.82) is 0 Å². The third-order valence-corrected chi connectivity index (χ3v) is 5.08. The minimum atomic E-state index is -0.553. The highest BCUT2D eigenvalue weighted by Gasteiger charge is 2.12. The average Bonchev–Trinajstić information content (AvgIpc) is 2.84. The van der Waals surface area contributed by atoms with Crippen LogP contribution in [0.2, 0.25) is 0 Å². The molecular formula is C25H22BrN3O5. The van der Waals surface area contributed by atoms with Gasteiger partial charge in [-0.25, -0.2) is 10.2 Å². The molecule has 0 unspecified atom stereocenters. The zero-order valence-electron chi connectivity index (χ0n) is 18.5. The Labute approximate surface area is 205 Å². The summed E-state index contributed by atoms with van der Waals surface area (Å²) in [4.78, 5) is 36.7. The quantitative estimate of drug-likeness (QED) is 0.202. The Morgan fingerprint density at radius 2 is 1.76 bits per heavy atom. The summed E-state index contributed by atoms with van der Waals surface area (Å²) in [5, 5.41) is 6.44. The minimum absolute atomic E-state index is 0.248. The molecule has 174 valence electrons. The van der Waals surface area contributed by atoms with Crippen molar-refractivity contribution in [3.05, 3.63) is 93.5 Å². The van der Waals surface area contributed by atoms with Gasteiger partial charge in [-0.3, -0.25) is 9.59 Å². The number of halogens is 1. The number of nitrogens with zero attached hydrogens (tertiary/aromatic N) is 1. The van der Waals surface area contributed by atoms with Crippen molar-refractivity contribution in [3.8, 4) is 11.5 Å². The van der Waals surface area contributed by atoms with Crippen LogP contribution in [0.5, 0.6) is 11.5 Å². The van der Waals surface area contributed by atoms with Gasteiger partial charge in [0.2, 0.25) is 0 Å². The molecule has 0 saturated carbocycles. The molecule has 0 aromatic heterocycles. The van der Waals surface area contributed by atoms with E-state index in [9.17, 15) is 14.4 Å². The number of methoxy groups -OCH3 is 1. The van der Waals surface area contributed by atoms with E-state index in [0.29, 0.717) is 22.4 Å². The number of carbonyl (C=O) groups excluding carboxylic acids is 3. The average molecular weight is 524 g/mol. The largest absolute Gasteiger partial charge is 0.497 e. The van der Waals surface area contributed by atoms with E-state index < -0.39 is 11.9 Å². The molecule has 9 heteroatoms. The highest BCUT2D eigenvalue weighted by atomic mass is 79.9. The zero-order valence-corrected chi connectivity index (χ0v) is 20.1. The Hall–Kier alpha value is -3.98. The first-order valence-electron chi connectivity index (χ1n) is 10.2. The fourth-order valence-electron chi connectivity index (χ4n) is 2.86. The Kier molecular flexibility index (Phi) is 8.53. The summed E-state index contributed by atoms with van der Waals surface area (Å²) >= 11 is 3.36. The van der Waals surface area contributed by atoms with Crippen LogP contribution in [0.4, 0.5) is 0 Å². The summed E-state index contributed by atoms with van der Waals surface area (Å²) < 4.78 is 11.3. The summed E-state index contributed by atoms with van der Waals surface area (Å²) in [5.41, 5.74) is 4.56. The first-order valence-corrected chi connectivity index (χ1v) is 11.0. The van der Waals surface area contributed by atoms with Gasteiger partial charge in [0.05, 0.1) is 25.4 Å². The molecule has 2 amide bonds. The second kappa shape index (κ2) is 11.8. The van der Waals surface area contributed by atoms with E-state index in [0.717, 1.165) is 10.0 Å². The number of rotatable bonds is 8. The normalized spacial score (nSPS) is 10.6. The van der Waals surface area contributed by atoms with Gasteiger partial charge >= 0.3 is 5.97 Å². The maximum atomic E-state index is 12.5. The van der Waals surface area contributed by atoms with Crippen LogP contribution in [0.1, 0.15) is 31.8 Å². The molecule has 8 nitrogen and oxygen atoms in total. The highest BCUT2D eigenvalue weighted by molar-refractivity contribution is 9.10. The summed E-state index contributed by atoms with van der Waals surface area (Å²) in [7, 11) is 1.54. The molecule has 3 aromatic carbocycles. The molecule has 34 heavy (non-hydrogen) atoms. The molecule has 0 spiro atoms. The molecule has 0 radical (unpaired) electrons. The third kappa shape index (κ3) is 7.01. The van der Waals surface area contributed by atoms with Crippen molar-refractivity contribution in [3.63, 3.8) is 0 Å². The predicted octanol–water partition coefficient (Wildman–Crippen LogP) is 3.87. The molecule has 0 saturated heterocycles. The molecule has 0 heterocycles. The van der Waals surface area contributed by atoms with Crippen molar-refractivity contribution in [2.24, 2.45) is 5.10 Å². The minimum Gasteiger partial charge on any atom is -0.497 e. The van der Waals surface area contributed by atoms with Crippen LogP contribution in [0.25, 0.3) is 0 Å². The molecule has 3 aromatic rings. The Balaban J connectivity index is 1.59. The number of hydrazone groups is 1. The molecule has 0 fully saturated rings. The first kappa shape index (κ1) is 24.7. The van der Waals surface area contributed by atoms with Crippen molar-refractivity contribution in [2.75, 3.05) is 13.7 Å². The second-order valence-corrected chi connectivity index (χ2v) is 8.06. The smallest absolute Gasteiger partial charge is 0.343 e. The summed E-state index contributed by atoms with van der Waals surface area (Å²) in [6, 6.07) is 18.6. The number of benzene rings is 3. The van der Waals surface area contributed by atoms with Crippen LogP contribution in [0.15, 0.2) is 76.3 Å². The van der Waals surface area contributed by atoms with E-state index in [4.69, 9.17) is 9.47 Å². The van der Waals surface area contributed by atoms with Crippen LogP contribution in [0, 0.1) is 6.92 Å². The van der Waals surface area contributed by atoms with Crippen molar-refractivity contribution >= 4 is 39.9 Å². The summed E-state index contributed by atoms with van der Waals surface area (Å²) in [5.74, 6) is -0.539. The number of nitrogens with one attached hydrogen (secondary N) is 2. The van der Waals surface area contributed by atoms with Gasteiger partial charge in [0.25, 0.3) is 11.8 Å². The van der Waals surface area contributed by atoms with Gasteiger partial charge in [-0.1, -0.05) is 33.6 Å². The van der Waals surface area contributed by atoms with Gasteiger partial charge in [0.15, 0.2) is 0 Å². The lowest BCUT2D eigenvalue weighted by atomic mass is 10.1. The van der Waals surface area contributed by atoms with Crippen molar-refractivity contribution in [1.82, 2.24) is 10.7 Å². The van der Waals surface area contributed by atoms with Gasteiger partial charge in [-0.2, -0.15) is 5.10 Å². The standard InChI is InChI=1S/C25H22BrN3O5/c1-16-4-3-5-18(12-16)24(31)27-15-23(30)29-28-14-19-13-20(26)8-11-22(19)34-25(32)17-6-9-21(33-2)10-7-17/h3-14H,15H2,1-2H3,(H,27,31)(H,29,30)/b28-14-. The monoisotopic (exact) mass is 523 g/mol. The molecule has 0 aliphatic rings. The fourth-order valence-corrected chi connectivity index (χ4v) is 3.24. The van der Waals surface area contributed by atoms with Gasteiger partial charge in [-0.15, -0.1) is 0 Å². The predicted molar refractivity (Wildman–Crippen MR) is 131 cm³/mol. The fraction of sp³-hybridized carbons (Fsp3) is 0.120. The van der Waals surface area contributed by atoms with Crippen LogP contribution in [0.3, 0.4) is 0 Å². The molecular weight excluding hydrogens is 502 g/mol. The van der Waals surface area contributed by atoms with Gasteiger partial charge in [-0.05, 0) is 61.5 Å². The molecule has 0 bridgehead atoms. The number of hydrogen-bond donors (Lipinski definition) is 2. The second-order valence-electron chi connectivity index (χ2n) is 7.15. The van der Waals surface area contributed by atoms with Crippen LogP contribution in [-0.2, 0) is 4.79 Å². The number of esters is 1. The van der Waals surface area contributed by atoms with E-state index in [1.807, 2.05) is 13.0 Å². The molecule has 3 rings (SSSR count). The molecule has 2 N–H and O–H groups in total. The van der Waals surface area contributed by atoms with Crippen molar-refractivity contribution < 1.29 is 23.9 Å². The van der Waals surface area contributed by atoms with Gasteiger partial charge in [0, 0.05) is 15.6 Å². The maximum Gasteiger partial charge on any atom is 0.343 e. The highest BCUT2D eigenvalue weighted by Crippen LogP contribution is 2.23. The van der Waals surface area contributed by atoms with Crippen molar-refractivity contribution in [2.45, 2.75) is 6.92 Å². The first-order chi connectivity index (χ1) is 16.4. The number of carbonyl (C=O) groups is 3. The van der Waals surface area contributed by atoms with Crippen LogP contribution in [-0.4, -0.2) is 37.7 Å². The number of ether oxygens (including phenoxy) is 2. The number of hydrogen-bond acceptors (Lipinski definition) is 6. The summed E-state index contributed by atoms with van der Waals surface area (Å²) in [6.45, 7) is 1.63. The molecule has 0 atom stereocenters. The lowest BCUT2D eigenvalue weighted by Gasteiger charge is -2.09.